The van der Waals surface area contributed by atoms with Crippen molar-refractivity contribution >= 4 is 12.0 Å². The molecule has 0 unspecified atom stereocenters. The maximum atomic E-state index is 12.5. The van der Waals surface area contributed by atoms with Crippen molar-refractivity contribution in [1.82, 2.24) is 14.8 Å². The van der Waals surface area contributed by atoms with E-state index >= 15 is 0 Å². The highest BCUT2D eigenvalue weighted by Gasteiger charge is 2.47. The van der Waals surface area contributed by atoms with Crippen LogP contribution in [0.1, 0.15) is 23.3 Å². The number of carbonyl (C=O) groups excluding carboxylic acids is 2. The van der Waals surface area contributed by atoms with Gasteiger partial charge in [0.1, 0.15) is 11.4 Å². The quantitative estimate of drug-likeness (QED) is 0.829. The molecule has 1 atom stereocenters. The highest BCUT2D eigenvalue weighted by molar-refractivity contribution is 5.95. The Hall–Kier alpha value is -2.31. The predicted molar refractivity (Wildman–Crippen MR) is 72.9 cm³/mol. The summed E-state index contributed by atoms with van der Waals surface area (Å²) in [6.07, 6.45) is 2.60. The summed E-state index contributed by atoms with van der Waals surface area (Å²) >= 11 is 0. The lowest BCUT2D eigenvalue weighted by Crippen LogP contribution is -2.52. The molecular formula is C14H17N3O4. The van der Waals surface area contributed by atoms with Gasteiger partial charge in [0.15, 0.2) is 5.69 Å². The van der Waals surface area contributed by atoms with E-state index in [-0.39, 0.29) is 23.4 Å². The second-order valence-electron chi connectivity index (χ2n) is 5.61. The van der Waals surface area contributed by atoms with Gasteiger partial charge < -0.3 is 19.6 Å². The molecule has 21 heavy (non-hydrogen) atoms. The first kappa shape index (κ1) is 13.7. The number of piperidine rings is 1. The first-order chi connectivity index (χ1) is 10.0. The first-order valence-electron chi connectivity index (χ1n) is 6.88. The summed E-state index contributed by atoms with van der Waals surface area (Å²) in [7, 11) is 1.68. The van der Waals surface area contributed by atoms with Gasteiger partial charge in [0.2, 0.25) is 0 Å². The van der Waals surface area contributed by atoms with Gasteiger partial charge in [-0.3, -0.25) is 4.79 Å². The van der Waals surface area contributed by atoms with Crippen molar-refractivity contribution in [1.29, 1.82) is 0 Å². The van der Waals surface area contributed by atoms with Crippen LogP contribution in [0, 0.1) is 0 Å². The highest BCUT2D eigenvalue weighted by Crippen LogP contribution is 2.32. The Kier molecular flexibility index (Phi) is 3.19. The number of nitrogens with zero attached hydrogens (tertiary/aromatic N) is 3. The van der Waals surface area contributed by atoms with Crippen molar-refractivity contribution in [3.63, 3.8) is 0 Å². The van der Waals surface area contributed by atoms with Crippen molar-refractivity contribution < 1.29 is 19.4 Å². The number of pyridine rings is 1. The molecule has 0 saturated carbocycles. The monoisotopic (exact) mass is 291 g/mol. The van der Waals surface area contributed by atoms with Gasteiger partial charge in [0.25, 0.3) is 5.91 Å². The van der Waals surface area contributed by atoms with E-state index in [1.165, 1.54) is 17.2 Å². The third-order valence-electron chi connectivity index (χ3n) is 3.96. The van der Waals surface area contributed by atoms with Gasteiger partial charge in [-0.15, -0.1) is 0 Å². The second kappa shape index (κ2) is 4.91. The van der Waals surface area contributed by atoms with Crippen molar-refractivity contribution in [3.8, 4) is 5.75 Å². The molecule has 2 fully saturated rings. The highest BCUT2D eigenvalue weighted by atomic mass is 16.6. The maximum Gasteiger partial charge on any atom is 0.410 e. The molecule has 2 saturated heterocycles. The standard InChI is InChI=1S/C14H17N3O4/c1-16-8-14(21-13(16)20)5-3-7-17(9-14)12(19)11-10(18)4-2-6-15-11/h2,4,6,18H,3,5,7-9H2,1H3/t14-/m0/s1. The van der Waals surface area contributed by atoms with Gasteiger partial charge in [-0.2, -0.15) is 0 Å². The molecule has 7 nitrogen and oxygen atoms in total. The van der Waals surface area contributed by atoms with Crippen LogP contribution in [0.4, 0.5) is 4.79 Å². The summed E-state index contributed by atoms with van der Waals surface area (Å²) in [5, 5.41) is 9.75. The van der Waals surface area contributed by atoms with E-state index in [2.05, 4.69) is 4.98 Å². The Bertz CT molecular complexity index is 591. The van der Waals surface area contributed by atoms with Crippen molar-refractivity contribution in [2.75, 3.05) is 26.7 Å². The molecule has 2 amide bonds. The third-order valence-corrected chi connectivity index (χ3v) is 3.96. The summed E-state index contributed by atoms with van der Waals surface area (Å²) < 4.78 is 5.46. The lowest BCUT2D eigenvalue weighted by molar-refractivity contribution is -0.00552. The molecule has 3 heterocycles. The molecular weight excluding hydrogens is 274 g/mol. The van der Waals surface area contributed by atoms with Crippen LogP contribution in [-0.2, 0) is 4.74 Å². The number of rotatable bonds is 1. The number of aromatic hydroxyl groups is 1. The minimum Gasteiger partial charge on any atom is -0.505 e. The normalized spacial score (nSPS) is 25.3. The Balaban J connectivity index is 1.79. The Morgan fingerprint density at radius 1 is 1.48 bits per heavy atom. The molecule has 2 aliphatic rings. The minimum absolute atomic E-state index is 0.0345. The van der Waals surface area contributed by atoms with Gasteiger partial charge in [-0.25, -0.2) is 9.78 Å². The van der Waals surface area contributed by atoms with E-state index in [1.807, 2.05) is 0 Å². The Labute approximate surface area is 122 Å². The Morgan fingerprint density at radius 2 is 2.29 bits per heavy atom. The number of carbonyl (C=O) groups is 2. The number of ether oxygens (including phenoxy) is 1. The average Bonchev–Trinajstić information content (AvgIpc) is 2.73. The Morgan fingerprint density at radius 3 is 2.95 bits per heavy atom. The average molecular weight is 291 g/mol. The van der Waals surface area contributed by atoms with Crippen molar-refractivity contribution in [3.05, 3.63) is 24.0 Å². The lowest BCUT2D eigenvalue weighted by Gasteiger charge is -2.38. The second-order valence-corrected chi connectivity index (χ2v) is 5.61. The van der Waals surface area contributed by atoms with Crippen LogP contribution in [0.25, 0.3) is 0 Å². The van der Waals surface area contributed by atoms with Crippen LogP contribution < -0.4 is 0 Å². The maximum absolute atomic E-state index is 12.5. The van der Waals surface area contributed by atoms with Gasteiger partial charge in [-0.05, 0) is 25.0 Å². The molecule has 112 valence electrons. The number of aromatic nitrogens is 1. The first-order valence-corrected chi connectivity index (χ1v) is 6.88. The molecule has 1 N–H and O–H groups in total. The summed E-state index contributed by atoms with van der Waals surface area (Å²) in [5.74, 6) is -0.472. The third kappa shape index (κ3) is 2.39. The van der Waals surface area contributed by atoms with Crippen LogP contribution >= 0.6 is 0 Å². The van der Waals surface area contributed by atoms with E-state index in [0.29, 0.717) is 19.6 Å². The smallest absolute Gasteiger partial charge is 0.410 e. The molecule has 2 aliphatic heterocycles. The van der Waals surface area contributed by atoms with Crippen molar-refractivity contribution in [2.24, 2.45) is 0 Å². The number of likely N-dealkylation sites (N-methyl/N-ethyl adjacent to an activating group) is 1. The summed E-state index contributed by atoms with van der Waals surface area (Å²) in [6.45, 7) is 1.37. The largest absolute Gasteiger partial charge is 0.505 e. The fraction of sp³-hybridized carbons (Fsp3) is 0.500. The fourth-order valence-corrected chi connectivity index (χ4v) is 2.99. The number of hydrogen-bond donors (Lipinski definition) is 1. The zero-order valence-corrected chi connectivity index (χ0v) is 11.8. The van der Waals surface area contributed by atoms with Crippen LogP contribution in [0.2, 0.25) is 0 Å². The number of hydrogen-bond acceptors (Lipinski definition) is 5. The molecule has 3 rings (SSSR count). The summed E-state index contributed by atoms with van der Waals surface area (Å²) in [6, 6.07) is 3.00. The van der Waals surface area contributed by atoms with Crippen LogP contribution in [0.3, 0.4) is 0 Å². The fourth-order valence-electron chi connectivity index (χ4n) is 2.99. The zero-order chi connectivity index (χ0) is 15.0. The molecule has 1 aromatic rings. The van der Waals surface area contributed by atoms with Gasteiger partial charge in [-0.1, -0.05) is 0 Å². The van der Waals surface area contributed by atoms with Crippen molar-refractivity contribution in [2.45, 2.75) is 18.4 Å². The van der Waals surface area contributed by atoms with E-state index in [1.54, 1.807) is 18.0 Å². The van der Waals surface area contributed by atoms with Crippen LogP contribution in [-0.4, -0.2) is 64.2 Å². The SMILES string of the molecule is CN1C[C@]2(CCCN(C(=O)c3ncccc3O)C2)OC1=O. The molecule has 0 aromatic carbocycles. The molecule has 1 spiro atoms. The summed E-state index contributed by atoms with van der Waals surface area (Å²) in [5.41, 5.74) is -0.600. The van der Waals surface area contributed by atoms with E-state index in [9.17, 15) is 14.7 Å². The van der Waals surface area contributed by atoms with E-state index in [0.717, 1.165) is 12.8 Å². The predicted octanol–water partition coefficient (Wildman–Crippen LogP) is 0.844. The van der Waals surface area contributed by atoms with Gasteiger partial charge >= 0.3 is 6.09 Å². The topological polar surface area (TPSA) is 83.0 Å². The van der Waals surface area contributed by atoms with Crippen LogP contribution in [0.5, 0.6) is 5.75 Å². The van der Waals surface area contributed by atoms with Crippen LogP contribution in [0.15, 0.2) is 18.3 Å². The molecule has 0 radical (unpaired) electrons. The molecule has 7 heteroatoms. The summed E-state index contributed by atoms with van der Waals surface area (Å²) in [4.78, 5) is 31.1. The number of likely N-dealkylation sites (tertiary alicyclic amines) is 1. The molecule has 1 aromatic heterocycles. The van der Waals surface area contributed by atoms with E-state index < -0.39 is 5.60 Å². The minimum atomic E-state index is -0.635. The number of amides is 2. The van der Waals surface area contributed by atoms with Gasteiger partial charge in [0, 0.05) is 19.8 Å². The molecule has 0 aliphatic carbocycles. The van der Waals surface area contributed by atoms with E-state index in [4.69, 9.17) is 4.74 Å². The zero-order valence-electron chi connectivity index (χ0n) is 11.8. The van der Waals surface area contributed by atoms with Gasteiger partial charge in [0.05, 0.1) is 13.1 Å². The lowest BCUT2D eigenvalue weighted by atomic mass is 9.92. The molecule has 0 bridgehead atoms.